The van der Waals surface area contributed by atoms with Gasteiger partial charge in [0.15, 0.2) is 5.43 Å². The number of amides is 1. The lowest BCUT2D eigenvalue weighted by Gasteiger charge is -2.15. The molecular formula is C19H21Cl2N3O2. The van der Waals surface area contributed by atoms with E-state index in [9.17, 15) is 9.59 Å². The van der Waals surface area contributed by atoms with Gasteiger partial charge in [0.05, 0.1) is 5.56 Å². The number of nitrogens with one attached hydrogen (secondary N) is 2. The predicted octanol–water partition coefficient (Wildman–Crippen LogP) is 3.77. The van der Waals surface area contributed by atoms with Crippen LogP contribution in [0.5, 0.6) is 0 Å². The quantitative estimate of drug-likeness (QED) is 0.759. The first-order chi connectivity index (χ1) is 12.4. The molecule has 1 aromatic heterocycles. The number of benzene rings is 1. The van der Waals surface area contributed by atoms with Crippen LogP contribution < -0.4 is 16.1 Å². The van der Waals surface area contributed by atoms with E-state index in [1.807, 2.05) is 18.4 Å². The number of carbonyl (C=O) groups is 1. The number of carbonyl (C=O) groups excluding carboxylic acids is 1. The van der Waals surface area contributed by atoms with Gasteiger partial charge in [-0.05, 0) is 44.4 Å². The van der Waals surface area contributed by atoms with E-state index in [-0.39, 0.29) is 17.9 Å². The Kier molecular flexibility index (Phi) is 5.58. The summed E-state index contributed by atoms with van der Waals surface area (Å²) in [4.78, 5) is 25.0. The first kappa shape index (κ1) is 18.8. The van der Waals surface area contributed by atoms with E-state index in [4.69, 9.17) is 23.2 Å². The average Bonchev–Trinajstić information content (AvgIpc) is 3.06. The van der Waals surface area contributed by atoms with Crippen molar-refractivity contribution in [1.82, 2.24) is 9.88 Å². The van der Waals surface area contributed by atoms with Gasteiger partial charge in [-0.25, -0.2) is 0 Å². The SMILES string of the molecule is CCNc1cc(Cl)cc(C(=O)NCc2c(Cl)n3c(cc2=O)CCC3)c1C. The molecule has 1 aliphatic rings. The zero-order valence-corrected chi connectivity index (χ0v) is 16.3. The number of aryl methyl sites for hydroxylation is 1. The van der Waals surface area contributed by atoms with Crippen molar-refractivity contribution < 1.29 is 4.79 Å². The summed E-state index contributed by atoms with van der Waals surface area (Å²) in [5, 5.41) is 6.89. The number of hydrogen-bond donors (Lipinski definition) is 2. The standard InChI is InChI=1S/C19H21Cl2N3O2/c1-3-22-16-8-12(20)7-14(11(16)2)19(26)23-10-15-17(25)9-13-5-4-6-24(13)18(15)21/h7-9,22H,3-6,10H2,1-2H3,(H,23,26). The maximum atomic E-state index is 12.7. The Morgan fingerprint density at radius 3 is 2.77 bits per heavy atom. The fourth-order valence-electron chi connectivity index (χ4n) is 3.29. The van der Waals surface area contributed by atoms with E-state index in [1.165, 1.54) is 0 Å². The highest BCUT2D eigenvalue weighted by molar-refractivity contribution is 6.31. The molecular weight excluding hydrogens is 373 g/mol. The molecule has 0 spiro atoms. The first-order valence-corrected chi connectivity index (χ1v) is 9.41. The number of aromatic nitrogens is 1. The lowest BCUT2D eigenvalue weighted by molar-refractivity contribution is 0.0950. The largest absolute Gasteiger partial charge is 0.385 e. The molecule has 0 fully saturated rings. The lowest BCUT2D eigenvalue weighted by Crippen LogP contribution is -2.28. The summed E-state index contributed by atoms with van der Waals surface area (Å²) in [5.41, 5.74) is 3.34. The molecule has 7 heteroatoms. The second-order valence-electron chi connectivity index (χ2n) is 6.36. The van der Waals surface area contributed by atoms with Crippen molar-refractivity contribution in [2.45, 2.75) is 39.8 Å². The molecule has 2 aromatic rings. The third-order valence-corrected chi connectivity index (χ3v) is 5.30. The van der Waals surface area contributed by atoms with Crippen LogP contribution in [-0.4, -0.2) is 17.0 Å². The van der Waals surface area contributed by atoms with Crippen LogP contribution in [0.15, 0.2) is 23.0 Å². The summed E-state index contributed by atoms with van der Waals surface area (Å²) in [6, 6.07) is 5.04. The van der Waals surface area contributed by atoms with E-state index in [0.717, 1.165) is 42.9 Å². The summed E-state index contributed by atoms with van der Waals surface area (Å²) >= 11 is 12.5. The van der Waals surface area contributed by atoms with Gasteiger partial charge in [0.25, 0.3) is 5.91 Å². The minimum atomic E-state index is -0.287. The minimum absolute atomic E-state index is 0.0826. The summed E-state index contributed by atoms with van der Waals surface area (Å²) in [5.74, 6) is -0.287. The average molecular weight is 394 g/mol. The van der Waals surface area contributed by atoms with Gasteiger partial charge in [-0.3, -0.25) is 9.59 Å². The van der Waals surface area contributed by atoms with E-state index >= 15 is 0 Å². The molecule has 3 rings (SSSR count). The van der Waals surface area contributed by atoms with Gasteiger partial charge in [-0.1, -0.05) is 23.2 Å². The number of anilines is 1. The van der Waals surface area contributed by atoms with Crippen molar-refractivity contribution in [2.75, 3.05) is 11.9 Å². The van der Waals surface area contributed by atoms with Gasteiger partial charge in [-0.2, -0.15) is 0 Å². The molecule has 2 N–H and O–H groups in total. The Morgan fingerprint density at radius 1 is 1.27 bits per heavy atom. The normalized spacial score (nSPS) is 12.8. The van der Waals surface area contributed by atoms with Crippen LogP contribution >= 0.6 is 23.2 Å². The van der Waals surface area contributed by atoms with E-state index in [1.54, 1.807) is 18.2 Å². The maximum absolute atomic E-state index is 12.7. The molecule has 5 nitrogen and oxygen atoms in total. The third-order valence-electron chi connectivity index (χ3n) is 4.65. The highest BCUT2D eigenvalue weighted by atomic mass is 35.5. The van der Waals surface area contributed by atoms with E-state index in [0.29, 0.717) is 21.3 Å². The Morgan fingerprint density at radius 2 is 2.04 bits per heavy atom. The summed E-state index contributed by atoms with van der Waals surface area (Å²) in [6.07, 6.45) is 1.83. The Labute approximate surface area is 162 Å². The van der Waals surface area contributed by atoms with Crippen molar-refractivity contribution in [2.24, 2.45) is 0 Å². The molecule has 1 amide bonds. The van der Waals surface area contributed by atoms with Crippen molar-refractivity contribution in [3.05, 3.63) is 61.0 Å². The molecule has 0 radical (unpaired) electrons. The first-order valence-electron chi connectivity index (χ1n) is 8.65. The van der Waals surface area contributed by atoms with Gasteiger partial charge in [-0.15, -0.1) is 0 Å². The third kappa shape index (κ3) is 3.60. The molecule has 0 unspecified atom stereocenters. The Bertz CT molecular complexity index is 922. The van der Waals surface area contributed by atoms with Crippen LogP contribution in [0.3, 0.4) is 0 Å². The molecule has 138 valence electrons. The zero-order chi connectivity index (χ0) is 18.8. The van der Waals surface area contributed by atoms with Crippen LogP contribution in [0.25, 0.3) is 0 Å². The topological polar surface area (TPSA) is 63.1 Å². The van der Waals surface area contributed by atoms with Gasteiger partial charge in [0.2, 0.25) is 0 Å². The lowest BCUT2D eigenvalue weighted by atomic mass is 10.1. The highest BCUT2D eigenvalue weighted by Crippen LogP contribution is 2.25. The van der Waals surface area contributed by atoms with Crippen LogP contribution in [0.4, 0.5) is 5.69 Å². The molecule has 1 aromatic carbocycles. The molecule has 2 heterocycles. The number of nitrogens with zero attached hydrogens (tertiary/aromatic N) is 1. The van der Waals surface area contributed by atoms with Crippen molar-refractivity contribution in [1.29, 1.82) is 0 Å². The Balaban J connectivity index is 1.84. The molecule has 0 saturated carbocycles. The number of rotatable bonds is 5. The van der Waals surface area contributed by atoms with Crippen molar-refractivity contribution >= 4 is 34.8 Å². The van der Waals surface area contributed by atoms with Crippen LogP contribution in [0.1, 0.15) is 40.5 Å². The molecule has 0 aliphatic carbocycles. The van der Waals surface area contributed by atoms with Crippen molar-refractivity contribution in [3.63, 3.8) is 0 Å². The van der Waals surface area contributed by atoms with E-state index < -0.39 is 0 Å². The van der Waals surface area contributed by atoms with Crippen LogP contribution in [-0.2, 0) is 19.5 Å². The molecule has 0 bridgehead atoms. The molecule has 1 aliphatic heterocycles. The maximum Gasteiger partial charge on any atom is 0.251 e. The number of pyridine rings is 1. The molecule has 0 atom stereocenters. The summed E-state index contributed by atoms with van der Waals surface area (Å²) in [6.45, 7) is 5.45. The van der Waals surface area contributed by atoms with E-state index in [2.05, 4.69) is 10.6 Å². The fraction of sp³-hybridized carbons (Fsp3) is 0.368. The number of halogens is 2. The second-order valence-corrected chi connectivity index (χ2v) is 7.16. The monoisotopic (exact) mass is 393 g/mol. The molecule has 26 heavy (non-hydrogen) atoms. The van der Waals surface area contributed by atoms with Gasteiger partial charge in [0, 0.05) is 47.7 Å². The Hall–Kier alpha value is -1.98. The van der Waals surface area contributed by atoms with Crippen LogP contribution in [0.2, 0.25) is 10.2 Å². The predicted molar refractivity (Wildman–Crippen MR) is 106 cm³/mol. The fourth-order valence-corrected chi connectivity index (χ4v) is 3.86. The van der Waals surface area contributed by atoms with Gasteiger partial charge in [0.1, 0.15) is 5.15 Å². The van der Waals surface area contributed by atoms with Crippen molar-refractivity contribution in [3.8, 4) is 0 Å². The van der Waals surface area contributed by atoms with Crippen LogP contribution in [0, 0.1) is 6.92 Å². The zero-order valence-electron chi connectivity index (χ0n) is 14.8. The second kappa shape index (κ2) is 7.72. The summed E-state index contributed by atoms with van der Waals surface area (Å²) < 4.78 is 1.94. The molecule has 0 saturated heterocycles. The highest BCUT2D eigenvalue weighted by Gasteiger charge is 2.19. The summed E-state index contributed by atoms with van der Waals surface area (Å²) in [7, 11) is 0. The van der Waals surface area contributed by atoms with Gasteiger partial charge < -0.3 is 15.2 Å². The minimum Gasteiger partial charge on any atom is -0.385 e. The van der Waals surface area contributed by atoms with Gasteiger partial charge >= 0.3 is 0 Å². The smallest absolute Gasteiger partial charge is 0.251 e. The number of fused-ring (bicyclic) bond motifs is 1. The number of hydrogen-bond acceptors (Lipinski definition) is 3.